The molecule has 0 aromatic carbocycles. The number of ether oxygens (including phenoxy) is 2. The van der Waals surface area contributed by atoms with E-state index in [4.69, 9.17) is 20.9 Å². The van der Waals surface area contributed by atoms with Gasteiger partial charge in [-0.05, 0) is 60.8 Å². The third kappa shape index (κ3) is 16.5. The normalized spacial score (nSPS) is 13.7. The minimum absolute atomic E-state index is 0.205. The average Bonchev–Trinajstić information content (AvgIpc) is 2.59. The molecule has 0 aromatic rings. The van der Waals surface area contributed by atoms with E-state index in [0.29, 0.717) is 26.2 Å². The zero-order valence-corrected chi connectivity index (χ0v) is 22.7. The lowest BCUT2D eigenvalue weighted by Crippen LogP contribution is -2.51. The van der Waals surface area contributed by atoms with Crippen molar-refractivity contribution in [3.63, 3.8) is 0 Å². The highest BCUT2D eigenvalue weighted by Gasteiger charge is 2.29. The van der Waals surface area contributed by atoms with Gasteiger partial charge < -0.3 is 31.6 Å². The second-order valence-corrected chi connectivity index (χ2v) is 12.7. The van der Waals surface area contributed by atoms with Gasteiger partial charge in [0, 0.05) is 34.0 Å². The van der Waals surface area contributed by atoms with E-state index in [0.717, 1.165) is 12.8 Å². The molecule has 2 amide bonds. The lowest BCUT2D eigenvalue weighted by atomic mass is 9.87. The van der Waals surface area contributed by atoms with Gasteiger partial charge in [0.15, 0.2) is 0 Å². The van der Waals surface area contributed by atoms with Gasteiger partial charge >= 0.3 is 12.2 Å². The highest BCUT2D eigenvalue weighted by molar-refractivity contribution is 5.68. The number of amides is 2. The number of carbonyl (C=O) groups excluding carboxylic acids is 2. The molecular formula is C25H50N4O4. The summed E-state index contributed by atoms with van der Waals surface area (Å²) in [7, 11) is 0. The van der Waals surface area contributed by atoms with E-state index in [1.807, 2.05) is 55.4 Å². The fourth-order valence-corrected chi connectivity index (χ4v) is 3.30. The highest BCUT2D eigenvalue weighted by atomic mass is 16.6. The maximum Gasteiger partial charge on any atom is 0.407 e. The maximum absolute atomic E-state index is 12.2. The summed E-state index contributed by atoms with van der Waals surface area (Å²) in [6.07, 6.45) is 5.41. The van der Waals surface area contributed by atoms with Gasteiger partial charge in [-0.2, -0.15) is 0 Å². The highest BCUT2D eigenvalue weighted by Crippen LogP contribution is 2.25. The fraction of sp³-hybridized carbons (Fsp3) is 0.840. The quantitative estimate of drug-likeness (QED) is 0.294. The minimum Gasteiger partial charge on any atom is -0.449 e. The van der Waals surface area contributed by atoms with Crippen LogP contribution in [0.15, 0.2) is 12.2 Å². The molecule has 0 heterocycles. The van der Waals surface area contributed by atoms with E-state index in [1.54, 1.807) is 0 Å². The van der Waals surface area contributed by atoms with Crippen LogP contribution >= 0.6 is 0 Å². The van der Waals surface area contributed by atoms with E-state index in [2.05, 4.69) is 36.6 Å². The number of hydrogen-bond donors (Lipinski definition) is 4. The van der Waals surface area contributed by atoms with Crippen LogP contribution in [0.4, 0.5) is 9.59 Å². The Morgan fingerprint density at radius 2 is 1.09 bits per heavy atom. The standard InChI is InChI=1S/C25H50N4O4/c1-21(2,17-32-19(30)28-24(7,8)15-23(5,6)27)13-11-12-14-22(3,4)18-33-20(31)29-25(9,10)16-26/h11-12H,13-18,26-27H2,1-10H3,(H,28,30)(H,29,31)/b12-11+. The Balaban J connectivity index is 4.46. The zero-order valence-electron chi connectivity index (χ0n) is 22.7. The Morgan fingerprint density at radius 1 is 0.727 bits per heavy atom. The second-order valence-electron chi connectivity index (χ2n) is 12.7. The summed E-state index contributed by atoms with van der Waals surface area (Å²) in [4.78, 5) is 24.2. The molecule has 33 heavy (non-hydrogen) atoms. The molecule has 0 saturated carbocycles. The van der Waals surface area contributed by atoms with Gasteiger partial charge in [-0.15, -0.1) is 0 Å². The zero-order chi connectivity index (χ0) is 26.1. The lowest BCUT2D eigenvalue weighted by Gasteiger charge is -2.33. The van der Waals surface area contributed by atoms with Crippen LogP contribution < -0.4 is 22.1 Å². The number of hydrogen-bond acceptors (Lipinski definition) is 6. The SMILES string of the molecule is CC(C)(N)CC(C)(C)NC(=O)OCC(C)(C)C/C=C/CC(C)(C)COC(=O)NC(C)(C)CN. The minimum atomic E-state index is -0.498. The van der Waals surface area contributed by atoms with Crippen molar-refractivity contribution < 1.29 is 19.1 Å². The summed E-state index contributed by atoms with van der Waals surface area (Å²) in [6.45, 7) is 20.5. The first-order valence-corrected chi connectivity index (χ1v) is 11.7. The van der Waals surface area contributed by atoms with Crippen molar-refractivity contribution in [1.82, 2.24) is 10.6 Å². The van der Waals surface area contributed by atoms with Crippen LogP contribution in [-0.4, -0.2) is 48.6 Å². The Bertz CT molecular complexity index is 662. The van der Waals surface area contributed by atoms with Crippen LogP contribution in [-0.2, 0) is 9.47 Å². The smallest absolute Gasteiger partial charge is 0.407 e. The maximum atomic E-state index is 12.2. The van der Waals surface area contributed by atoms with Crippen molar-refractivity contribution >= 4 is 12.2 Å². The van der Waals surface area contributed by atoms with Gasteiger partial charge in [0.25, 0.3) is 0 Å². The van der Waals surface area contributed by atoms with Gasteiger partial charge in [0.1, 0.15) is 0 Å². The molecule has 194 valence electrons. The predicted molar refractivity (Wildman–Crippen MR) is 135 cm³/mol. The Kier molecular flexibility index (Phi) is 11.4. The van der Waals surface area contributed by atoms with Crippen LogP contribution in [0.3, 0.4) is 0 Å². The first kappa shape index (κ1) is 31.2. The number of rotatable bonds is 13. The molecule has 0 rings (SSSR count). The molecule has 0 aromatic heterocycles. The molecule has 8 nitrogen and oxygen atoms in total. The topological polar surface area (TPSA) is 129 Å². The first-order valence-electron chi connectivity index (χ1n) is 11.7. The van der Waals surface area contributed by atoms with Gasteiger partial charge in [0.05, 0.1) is 13.2 Å². The van der Waals surface area contributed by atoms with E-state index in [9.17, 15) is 9.59 Å². The van der Waals surface area contributed by atoms with Crippen molar-refractivity contribution in [3.8, 4) is 0 Å². The van der Waals surface area contributed by atoms with E-state index in [-0.39, 0.29) is 16.4 Å². The van der Waals surface area contributed by atoms with Crippen molar-refractivity contribution in [2.75, 3.05) is 19.8 Å². The molecule has 8 heteroatoms. The molecular weight excluding hydrogens is 420 g/mol. The van der Waals surface area contributed by atoms with Crippen molar-refractivity contribution in [1.29, 1.82) is 0 Å². The second kappa shape index (κ2) is 12.1. The molecule has 0 bridgehead atoms. The number of allylic oxidation sites excluding steroid dienone is 2. The van der Waals surface area contributed by atoms with Crippen molar-refractivity contribution in [3.05, 3.63) is 12.2 Å². The number of nitrogens with one attached hydrogen (secondary N) is 2. The Hall–Kier alpha value is -1.80. The molecule has 0 radical (unpaired) electrons. The van der Waals surface area contributed by atoms with Crippen molar-refractivity contribution in [2.24, 2.45) is 22.3 Å². The summed E-state index contributed by atoms with van der Waals surface area (Å²) in [5, 5.41) is 5.66. The molecule has 0 aliphatic rings. The molecule has 0 fully saturated rings. The summed E-state index contributed by atoms with van der Waals surface area (Å²) >= 11 is 0. The van der Waals surface area contributed by atoms with Crippen LogP contribution in [0.1, 0.15) is 88.5 Å². The van der Waals surface area contributed by atoms with Crippen LogP contribution in [0.25, 0.3) is 0 Å². The summed E-state index contributed by atoms with van der Waals surface area (Å²) in [5.41, 5.74) is 9.95. The molecule has 0 atom stereocenters. The molecule has 0 unspecified atom stereocenters. The molecule has 6 N–H and O–H groups in total. The predicted octanol–water partition coefficient (Wildman–Crippen LogP) is 4.47. The summed E-state index contributed by atoms with van der Waals surface area (Å²) in [5.74, 6) is 0. The third-order valence-corrected chi connectivity index (χ3v) is 4.98. The largest absolute Gasteiger partial charge is 0.449 e. The van der Waals surface area contributed by atoms with E-state index < -0.39 is 23.3 Å². The van der Waals surface area contributed by atoms with Crippen LogP contribution in [0, 0.1) is 10.8 Å². The third-order valence-electron chi connectivity index (χ3n) is 4.98. The summed E-state index contributed by atoms with van der Waals surface area (Å²) < 4.78 is 10.8. The van der Waals surface area contributed by atoms with Gasteiger partial charge in [-0.1, -0.05) is 39.8 Å². The monoisotopic (exact) mass is 470 g/mol. The van der Waals surface area contributed by atoms with Crippen LogP contribution in [0.5, 0.6) is 0 Å². The van der Waals surface area contributed by atoms with E-state index in [1.165, 1.54) is 0 Å². The first-order chi connectivity index (χ1) is 14.7. The number of carbonyl (C=O) groups is 2. The molecule has 0 aliphatic carbocycles. The fourth-order valence-electron chi connectivity index (χ4n) is 3.30. The van der Waals surface area contributed by atoms with E-state index >= 15 is 0 Å². The lowest BCUT2D eigenvalue weighted by molar-refractivity contribution is 0.0898. The van der Waals surface area contributed by atoms with Gasteiger partial charge in [-0.3, -0.25) is 0 Å². The molecule has 0 spiro atoms. The Morgan fingerprint density at radius 3 is 1.42 bits per heavy atom. The Labute approximate surface area is 201 Å². The summed E-state index contributed by atoms with van der Waals surface area (Å²) in [6, 6.07) is 0. The molecule has 0 saturated heterocycles. The van der Waals surface area contributed by atoms with Gasteiger partial charge in [-0.25, -0.2) is 9.59 Å². The molecule has 0 aliphatic heterocycles. The van der Waals surface area contributed by atoms with Gasteiger partial charge in [0.2, 0.25) is 0 Å². The van der Waals surface area contributed by atoms with Crippen molar-refractivity contribution in [2.45, 2.75) is 105 Å². The number of nitrogens with two attached hydrogens (primary N) is 2. The number of alkyl carbamates (subject to hydrolysis) is 2. The average molecular weight is 471 g/mol. The van der Waals surface area contributed by atoms with Crippen LogP contribution in [0.2, 0.25) is 0 Å².